The van der Waals surface area contributed by atoms with Gasteiger partial charge in [0.05, 0.1) is 17.8 Å². The third-order valence-corrected chi connectivity index (χ3v) is 6.76. The van der Waals surface area contributed by atoms with Gasteiger partial charge in [-0.15, -0.1) is 11.3 Å². The molecular weight excluding hydrogens is 358 g/mol. The molecule has 2 unspecified atom stereocenters. The predicted molar refractivity (Wildman–Crippen MR) is 108 cm³/mol. The Morgan fingerprint density at radius 2 is 2.22 bits per heavy atom. The minimum atomic E-state index is -0.0643. The Morgan fingerprint density at radius 3 is 3.04 bits per heavy atom. The van der Waals surface area contributed by atoms with Gasteiger partial charge in [-0.1, -0.05) is 24.6 Å². The van der Waals surface area contributed by atoms with Crippen LogP contribution in [0, 0.1) is 12.8 Å². The molecule has 1 aliphatic heterocycles. The maximum Gasteiger partial charge on any atom is 0.268 e. The molecule has 0 saturated carbocycles. The third-order valence-electron chi connectivity index (χ3n) is 5.61. The fourth-order valence-corrected chi connectivity index (χ4v) is 5.12. The zero-order chi connectivity index (χ0) is 18.5. The molecule has 3 N–H and O–H groups in total. The average Bonchev–Trinajstić information content (AvgIpc) is 3.28. The van der Waals surface area contributed by atoms with Gasteiger partial charge in [0.2, 0.25) is 0 Å². The van der Waals surface area contributed by atoms with E-state index in [1.807, 2.05) is 13.0 Å². The topological polar surface area (TPSA) is 86.5 Å². The number of nitrogens with zero attached hydrogens (tertiary/aromatic N) is 2. The van der Waals surface area contributed by atoms with Gasteiger partial charge in [0.25, 0.3) is 5.56 Å². The molecule has 0 amide bonds. The number of hydrogen-bond donors (Lipinski definition) is 3. The second kappa shape index (κ2) is 6.28. The van der Waals surface area contributed by atoms with Crippen molar-refractivity contribution in [1.82, 2.24) is 25.5 Å². The van der Waals surface area contributed by atoms with E-state index in [1.54, 1.807) is 6.20 Å². The Hall–Kier alpha value is -2.51. The van der Waals surface area contributed by atoms with Crippen molar-refractivity contribution >= 4 is 21.6 Å². The van der Waals surface area contributed by atoms with Gasteiger partial charge in [0.15, 0.2) is 0 Å². The van der Waals surface area contributed by atoms with Gasteiger partial charge < -0.3 is 10.3 Å². The van der Waals surface area contributed by atoms with Crippen LogP contribution in [0.5, 0.6) is 0 Å². The smallest absolute Gasteiger partial charge is 0.268 e. The summed E-state index contributed by atoms with van der Waals surface area (Å²) in [6, 6.07) is 2.05. The van der Waals surface area contributed by atoms with Crippen LogP contribution < -0.4 is 10.9 Å². The highest BCUT2D eigenvalue weighted by Crippen LogP contribution is 2.36. The van der Waals surface area contributed by atoms with Crippen molar-refractivity contribution in [2.75, 3.05) is 6.54 Å². The van der Waals surface area contributed by atoms with Crippen molar-refractivity contribution in [1.29, 1.82) is 0 Å². The van der Waals surface area contributed by atoms with Crippen molar-refractivity contribution in [3.63, 3.8) is 0 Å². The largest absolute Gasteiger partial charge is 0.308 e. The second-order valence-electron chi connectivity index (χ2n) is 7.41. The number of rotatable bonds is 2. The molecule has 2 aliphatic rings. The second-order valence-corrected chi connectivity index (χ2v) is 8.46. The molecule has 6 nitrogen and oxygen atoms in total. The van der Waals surface area contributed by atoms with E-state index in [0.717, 1.165) is 46.9 Å². The van der Waals surface area contributed by atoms with Crippen LogP contribution in [-0.4, -0.2) is 26.7 Å². The summed E-state index contributed by atoms with van der Waals surface area (Å²) in [5.74, 6) is 1.29. The first-order valence-electron chi connectivity index (χ1n) is 9.26. The van der Waals surface area contributed by atoms with Crippen molar-refractivity contribution in [2.45, 2.75) is 32.7 Å². The van der Waals surface area contributed by atoms with Crippen molar-refractivity contribution in [3.05, 3.63) is 57.4 Å². The molecule has 138 valence electrons. The van der Waals surface area contributed by atoms with Gasteiger partial charge in [-0.3, -0.25) is 9.89 Å². The summed E-state index contributed by atoms with van der Waals surface area (Å²) in [7, 11) is 0. The Balaban J connectivity index is 1.53. The summed E-state index contributed by atoms with van der Waals surface area (Å²) in [6.45, 7) is 5.08. The molecule has 0 radical (unpaired) electrons. The highest BCUT2D eigenvalue weighted by atomic mass is 32.1. The molecule has 0 aromatic carbocycles. The fraction of sp³-hybridized carbons (Fsp3) is 0.350. The van der Waals surface area contributed by atoms with Gasteiger partial charge in [0, 0.05) is 22.7 Å². The van der Waals surface area contributed by atoms with Crippen LogP contribution in [0.4, 0.5) is 0 Å². The number of nitrogens with one attached hydrogen (secondary N) is 3. The molecule has 0 spiro atoms. The summed E-state index contributed by atoms with van der Waals surface area (Å²) < 4.78 is 0.666. The number of H-pyrrole nitrogens is 2. The van der Waals surface area contributed by atoms with E-state index in [1.165, 1.54) is 22.5 Å². The third kappa shape index (κ3) is 2.78. The lowest BCUT2D eigenvalue weighted by Gasteiger charge is -2.32. The zero-order valence-corrected chi connectivity index (χ0v) is 16.1. The molecule has 0 fully saturated rings. The Bertz CT molecular complexity index is 1150. The molecule has 2 atom stereocenters. The van der Waals surface area contributed by atoms with Crippen LogP contribution in [0.3, 0.4) is 0 Å². The SMILES string of the molecule is Cc1[nH]ncc1-c1cc2nc(C3CC4=C(C=CCC4C)CN3)[nH]c(=O)c2s1. The lowest BCUT2D eigenvalue weighted by Crippen LogP contribution is -2.33. The van der Waals surface area contributed by atoms with E-state index in [0.29, 0.717) is 10.6 Å². The van der Waals surface area contributed by atoms with Crippen LogP contribution in [0.1, 0.15) is 37.3 Å². The summed E-state index contributed by atoms with van der Waals surface area (Å²) in [5, 5.41) is 10.6. The number of aromatic amines is 2. The van der Waals surface area contributed by atoms with Crippen LogP contribution >= 0.6 is 11.3 Å². The maximum atomic E-state index is 12.7. The van der Waals surface area contributed by atoms with E-state index in [4.69, 9.17) is 4.98 Å². The molecule has 4 heterocycles. The highest BCUT2D eigenvalue weighted by molar-refractivity contribution is 7.22. The summed E-state index contributed by atoms with van der Waals surface area (Å²) >= 11 is 1.46. The van der Waals surface area contributed by atoms with Crippen LogP contribution in [0.2, 0.25) is 0 Å². The standard InChI is InChI=1S/C20H21N5OS/c1-10-4-3-5-12-8-21-16(6-13(10)12)19-23-15-7-17(14-9-22-25-11(14)2)27-18(15)20(26)24-19/h3,5,7,9-10,16,21H,4,6,8H2,1-2H3,(H,22,25)(H,23,24,26). The normalized spacial score (nSPS) is 22.4. The number of hydrogen-bond acceptors (Lipinski definition) is 5. The van der Waals surface area contributed by atoms with E-state index in [9.17, 15) is 4.79 Å². The number of fused-ring (bicyclic) bond motifs is 1. The van der Waals surface area contributed by atoms with Crippen LogP contribution in [-0.2, 0) is 0 Å². The number of aryl methyl sites for hydroxylation is 1. The molecule has 3 aromatic heterocycles. The first-order valence-corrected chi connectivity index (χ1v) is 10.1. The van der Waals surface area contributed by atoms with Crippen molar-refractivity contribution in [3.8, 4) is 10.4 Å². The molecule has 5 rings (SSSR count). The van der Waals surface area contributed by atoms with Crippen molar-refractivity contribution < 1.29 is 0 Å². The molecule has 0 bridgehead atoms. The van der Waals surface area contributed by atoms with E-state index < -0.39 is 0 Å². The van der Waals surface area contributed by atoms with Crippen LogP contribution in [0.15, 0.2) is 40.4 Å². The Morgan fingerprint density at radius 1 is 1.33 bits per heavy atom. The van der Waals surface area contributed by atoms with E-state index in [2.05, 4.69) is 39.6 Å². The van der Waals surface area contributed by atoms with Gasteiger partial charge in [-0.05, 0) is 37.3 Å². The predicted octanol–water partition coefficient (Wildman–Crippen LogP) is 3.61. The summed E-state index contributed by atoms with van der Waals surface area (Å²) in [6.07, 6.45) is 8.27. The van der Waals surface area contributed by atoms with Crippen LogP contribution in [0.25, 0.3) is 20.7 Å². The van der Waals surface area contributed by atoms with Crippen molar-refractivity contribution in [2.24, 2.45) is 5.92 Å². The average molecular weight is 379 g/mol. The first kappa shape index (κ1) is 16.6. The lowest BCUT2D eigenvalue weighted by atomic mass is 9.82. The molecule has 1 aliphatic carbocycles. The number of thiophene rings is 1. The summed E-state index contributed by atoms with van der Waals surface area (Å²) in [4.78, 5) is 21.5. The fourth-order valence-electron chi connectivity index (χ4n) is 4.06. The minimum Gasteiger partial charge on any atom is -0.308 e. The lowest BCUT2D eigenvalue weighted by molar-refractivity contribution is 0.464. The number of allylic oxidation sites excluding steroid dienone is 1. The van der Waals surface area contributed by atoms with E-state index in [-0.39, 0.29) is 11.6 Å². The maximum absolute atomic E-state index is 12.7. The monoisotopic (exact) mass is 379 g/mol. The number of aromatic nitrogens is 4. The van der Waals surface area contributed by atoms with E-state index >= 15 is 0 Å². The Kier molecular flexibility index (Phi) is 3.87. The molecular formula is C20H21N5OS. The molecule has 27 heavy (non-hydrogen) atoms. The van der Waals surface area contributed by atoms with Gasteiger partial charge in [-0.25, -0.2) is 4.98 Å². The van der Waals surface area contributed by atoms with Gasteiger partial charge >= 0.3 is 0 Å². The molecule has 3 aromatic rings. The minimum absolute atomic E-state index is 0.0498. The van der Waals surface area contributed by atoms with Gasteiger partial charge in [-0.2, -0.15) is 5.10 Å². The Labute approximate surface area is 160 Å². The first-order chi connectivity index (χ1) is 13.1. The highest BCUT2D eigenvalue weighted by Gasteiger charge is 2.27. The molecule has 7 heteroatoms. The van der Waals surface area contributed by atoms with Gasteiger partial charge in [0.1, 0.15) is 10.5 Å². The molecule has 0 saturated heterocycles. The quantitative estimate of drug-likeness (QED) is 0.635. The zero-order valence-electron chi connectivity index (χ0n) is 15.3. The summed E-state index contributed by atoms with van der Waals surface area (Å²) in [5.41, 5.74) is 5.59.